The maximum absolute atomic E-state index is 12.4. The molecule has 0 bridgehead atoms. The topological polar surface area (TPSA) is 103 Å². The van der Waals surface area contributed by atoms with Crippen molar-refractivity contribution in [2.24, 2.45) is 0 Å². The lowest BCUT2D eigenvalue weighted by atomic mass is 10.1. The number of rotatable bonds is 4. The minimum atomic E-state index is -0.533. The zero-order valence-electron chi connectivity index (χ0n) is 13.5. The molecule has 0 saturated heterocycles. The number of tetrazole rings is 1. The summed E-state index contributed by atoms with van der Waals surface area (Å²) >= 11 is 0. The molecule has 1 heterocycles. The van der Waals surface area contributed by atoms with E-state index in [1.807, 2.05) is 13.0 Å². The van der Waals surface area contributed by atoms with E-state index >= 15 is 0 Å². The summed E-state index contributed by atoms with van der Waals surface area (Å²) in [5, 5.41) is 19.9. The highest BCUT2D eigenvalue weighted by Crippen LogP contribution is 2.28. The van der Waals surface area contributed by atoms with E-state index in [4.69, 9.17) is 14.7 Å². The van der Waals surface area contributed by atoms with Gasteiger partial charge in [0.25, 0.3) is 0 Å². The Hall–Kier alpha value is -3.73. The summed E-state index contributed by atoms with van der Waals surface area (Å²) in [7, 11) is 1.44. The van der Waals surface area contributed by atoms with Gasteiger partial charge >= 0.3 is 5.97 Å². The van der Waals surface area contributed by atoms with Gasteiger partial charge < -0.3 is 9.47 Å². The highest BCUT2D eigenvalue weighted by atomic mass is 16.6. The van der Waals surface area contributed by atoms with Gasteiger partial charge in [0, 0.05) is 6.07 Å². The first-order valence-electron chi connectivity index (χ1n) is 7.26. The average Bonchev–Trinajstić information content (AvgIpc) is 3.16. The number of benzene rings is 2. The van der Waals surface area contributed by atoms with E-state index in [1.54, 1.807) is 24.3 Å². The number of hydrogen-bond donors (Lipinski definition) is 0. The number of methoxy groups -OCH3 is 1. The molecule has 0 spiro atoms. The van der Waals surface area contributed by atoms with E-state index in [0.29, 0.717) is 16.9 Å². The molecule has 0 fully saturated rings. The van der Waals surface area contributed by atoms with Crippen LogP contribution in [0, 0.1) is 18.3 Å². The summed E-state index contributed by atoms with van der Waals surface area (Å²) < 4.78 is 12.1. The number of nitriles is 1. The van der Waals surface area contributed by atoms with Crippen LogP contribution in [-0.4, -0.2) is 33.3 Å². The standard InChI is InChI=1S/C17H13N5O3/c1-11-7-13(4-5-14(11)22-10-19-20-21-22)17(23)25-15-6-3-12(9-18)8-16(15)24-2/h3-8,10H,1-2H3. The number of carbonyl (C=O) groups is 1. The summed E-state index contributed by atoms with van der Waals surface area (Å²) in [6, 6.07) is 11.6. The first-order chi connectivity index (χ1) is 12.1. The number of aromatic nitrogens is 4. The minimum absolute atomic E-state index is 0.244. The Morgan fingerprint density at radius 1 is 1.20 bits per heavy atom. The number of carbonyl (C=O) groups excluding carboxylic acids is 1. The third-order valence-electron chi connectivity index (χ3n) is 3.52. The fourth-order valence-corrected chi connectivity index (χ4v) is 2.29. The van der Waals surface area contributed by atoms with Crippen molar-refractivity contribution >= 4 is 5.97 Å². The Morgan fingerprint density at radius 3 is 2.68 bits per heavy atom. The lowest BCUT2D eigenvalue weighted by molar-refractivity contribution is 0.0729. The van der Waals surface area contributed by atoms with E-state index < -0.39 is 5.97 Å². The molecule has 0 aliphatic heterocycles. The fraction of sp³-hybridized carbons (Fsp3) is 0.118. The zero-order valence-corrected chi connectivity index (χ0v) is 13.5. The predicted molar refractivity (Wildman–Crippen MR) is 86.6 cm³/mol. The lowest BCUT2D eigenvalue weighted by Crippen LogP contribution is -2.10. The van der Waals surface area contributed by atoms with Gasteiger partial charge in [-0.1, -0.05) is 0 Å². The smallest absolute Gasteiger partial charge is 0.343 e. The van der Waals surface area contributed by atoms with Crippen molar-refractivity contribution in [2.45, 2.75) is 6.92 Å². The SMILES string of the molecule is COc1cc(C#N)ccc1OC(=O)c1ccc(-n2cnnn2)c(C)c1. The van der Waals surface area contributed by atoms with Crippen LogP contribution in [0.5, 0.6) is 11.5 Å². The monoisotopic (exact) mass is 335 g/mol. The Kier molecular flexibility index (Phi) is 4.39. The van der Waals surface area contributed by atoms with Gasteiger partial charge in [-0.3, -0.25) is 0 Å². The Bertz CT molecular complexity index is 961. The third kappa shape index (κ3) is 3.30. The molecule has 0 amide bonds. The molecule has 3 aromatic rings. The molecule has 0 saturated carbocycles. The Labute approximate surface area is 143 Å². The fourth-order valence-electron chi connectivity index (χ4n) is 2.29. The second kappa shape index (κ2) is 6.80. The molecule has 0 radical (unpaired) electrons. The number of ether oxygens (including phenoxy) is 2. The maximum Gasteiger partial charge on any atom is 0.343 e. The summed E-state index contributed by atoms with van der Waals surface area (Å²) in [4.78, 5) is 12.4. The highest BCUT2D eigenvalue weighted by Gasteiger charge is 2.14. The van der Waals surface area contributed by atoms with Crippen molar-refractivity contribution in [3.05, 3.63) is 59.4 Å². The van der Waals surface area contributed by atoms with Crippen molar-refractivity contribution in [1.82, 2.24) is 20.2 Å². The molecule has 8 heteroatoms. The molecule has 0 unspecified atom stereocenters. The van der Waals surface area contributed by atoms with Crippen molar-refractivity contribution in [2.75, 3.05) is 7.11 Å². The zero-order chi connectivity index (χ0) is 17.8. The van der Waals surface area contributed by atoms with Crippen LogP contribution in [0.2, 0.25) is 0 Å². The summed E-state index contributed by atoms with van der Waals surface area (Å²) in [5.74, 6) is 0.0255. The van der Waals surface area contributed by atoms with Crippen LogP contribution in [-0.2, 0) is 0 Å². The maximum atomic E-state index is 12.4. The molecule has 0 aliphatic carbocycles. The molecule has 0 aliphatic rings. The number of nitrogens with zero attached hydrogens (tertiary/aromatic N) is 5. The molecule has 1 aromatic heterocycles. The molecular weight excluding hydrogens is 322 g/mol. The van der Waals surface area contributed by atoms with Crippen molar-refractivity contribution in [3.63, 3.8) is 0 Å². The van der Waals surface area contributed by atoms with Gasteiger partial charge in [0.05, 0.1) is 30.0 Å². The summed E-state index contributed by atoms with van der Waals surface area (Å²) in [5.41, 5.74) is 2.37. The first-order valence-corrected chi connectivity index (χ1v) is 7.26. The number of aryl methyl sites for hydroxylation is 1. The van der Waals surface area contributed by atoms with Crippen LogP contribution in [0.4, 0.5) is 0 Å². The quantitative estimate of drug-likeness (QED) is 0.531. The predicted octanol–water partition coefficient (Wildman–Crippen LogP) is 2.07. The summed E-state index contributed by atoms with van der Waals surface area (Å²) in [6.45, 7) is 1.84. The van der Waals surface area contributed by atoms with Crippen LogP contribution >= 0.6 is 0 Å². The first kappa shape index (κ1) is 16.1. The van der Waals surface area contributed by atoms with Gasteiger partial charge in [-0.05, 0) is 53.2 Å². The Balaban J connectivity index is 1.85. The van der Waals surface area contributed by atoms with Crippen molar-refractivity contribution in [3.8, 4) is 23.3 Å². The molecule has 3 rings (SSSR count). The molecule has 2 aromatic carbocycles. The second-order valence-corrected chi connectivity index (χ2v) is 5.12. The molecule has 0 N–H and O–H groups in total. The Morgan fingerprint density at radius 2 is 2.04 bits per heavy atom. The highest BCUT2D eigenvalue weighted by molar-refractivity contribution is 5.92. The average molecular weight is 335 g/mol. The van der Waals surface area contributed by atoms with Gasteiger partial charge in [0.1, 0.15) is 6.33 Å². The lowest BCUT2D eigenvalue weighted by Gasteiger charge is -2.10. The normalized spacial score (nSPS) is 10.1. The molecule has 25 heavy (non-hydrogen) atoms. The van der Waals surface area contributed by atoms with Crippen LogP contribution in [0.15, 0.2) is 42.7 Å². The molecule has 8 nitrogen and oxygen atoms in total. The number of hydrogen-bond acceptors (Lipinski definition) is 7. The van der Waals surface area contributed by atoms with Crippen LogP contribution in [0.3, 0.4) is 0 Å². The van der Waals surface area contributed by atoms with Crippen LogP contribution in [0.25, 0.3) is 5.69 Å². The van der Waals surface area contributed by atoms with Crippen LogP contribution < -0.4 is 9.47 Å². The van der Waals surface area contributed by atoms with Crippen molar-refractivity contribution in [1.29, 1.82) is 5.26 Å². The third-order valence-corrected chi connectivity index (χ3v) is 3.52. The van der Waals surface area contributed by atoms with Gasteiger partial charge in [0.2, 0.25) is 0 Å². The molecule has 0 atom stereocenters. The van der Waals surface area contributed by atoms with Gasteiger partial charge in [-0.25, -0.2) is 9.48 Å². The summed E-state index contributed by atoms with van der Waals surface area (Å²) in [6.07, 6.45) is 1.47. The second-order valence-electron chi connectivity index (χ2n) is 5.12. The minimum Gasteiger partial charge on any atom is -0.493 e. The molecule has 124 valence electrons. The van der Waals surface area contributed by atoms with E-state index in [9.17, 15) is 4.79 Å². The molecular formula is C17H13N5O3. The number of esters is 1. The van der Waals surface area contributed by atoms with Gasteiger partial charge in [0.15, 0.2) is 11.5 Å². The van der Waals surface area contributed by atoms with E-state index in [1.165, 1.54) is 30.3 Å². The van der Waals surface area contributed by atoms with Gasteiger partial charge in [-0.15, -0.1) is 5.10 Å². The van der Waals surface area contributed by atoms with Crippen LogP contribution in [0.1, 0.15) is 21.5 Å². The van der Waals surface area contributed by atoms with Crippen molar-refractivity contribution < 1.29 is 14.3 Å². The van der Waals surface area contributed by atoms with E-state index in [2.05, 4.69) is 15.5 Å². The van der Waals surface area contributed by atoms with Gasteiger partial charge in [-0.2, -0.15) is 5.26 Å². The van der Waals surface area contributed by atoms with E-state index in [0.717, 1.165) is 11.3 Å². The van der Waals surface area contributed by atoms with E-state index in [-0.39, 0.29) is 5.75 Å². The largest absolute Gasteiger partial charge is 0.493 e.